The molecule has 3 amide bonds. The van der Waals surface area contributed by atoms with E-state index in [1.165, 1.54) is 18.3 Å². The minimum atomic E-state index is -0.717. The third kappa shape index (κ3) is 4.87. The Kier molecular flexibility index (Phi) is 6.22. The summed E-state index contributed by atoms with van der Waals surface area (Å²) in [5.41, 5.74) is -0.0538. The number of halogens is 1. The number of nitrogens with zero attached hydrogens (tertiary/aromatic N) is 3. The summed E-state index contributed by atoms with van der Waals surface area (Å²) in [4.78, 5) is 43.0. The van der Waals surface area contributed by atoms with Crippen LogP contribution in [0.25, 0.3) is 0 Å². The molecule has 168 valence electrons. The monoisotopic (exact) mass is 432 g/mol. The van der Waals surface area contributed by atoms with Crippen LogP contribution in [0.4, 0.5) is 10.2 Å². The lowest BCUT2D eigenvalue weighted by atomic mass is 9.91. The van der Waals surface area contributed by atoms with Crippen LogP contribution < -0.4 is 5.32 Å². The van der Waals surface area contributed by atoms with Crippen LogP contribution >= 0.6 is 0 Å². The molecule has 1 unspecified atom stereocenters. The SMILES string of the molecule is O=CN(O)C[C@@H](CC1CCCC1)C(=O)N1CC2(CC2)CC1C(=O)Nc1ncccc1F. The maximum absolute atomic E-state index is 14.0. The topological polar surface area (TPSA) is 103 Å². The Labute approximate surface area is 180 Å². The summed E-state index contributed by atoms with van der Waals surface area (Å²) in [6, 6.07) is 1.94. The van der Waals surface area contributed by atoms with Crippen molar-refractivity contribution in [1.29, 1.82) is 0 Å². The molecule has 2 atom stereocenters. The molecule has 0 bridgehead atoms. The number of carbonyl (C=O) groups is 3. The molecule has 0 aromatic carbocycles. The molecule has 2 heterocycles. The summed E-state index contributed by atoms with van der Waals surface area (Å²) in [7, 11) is 0. The second kappa shape index (κ2) is 8.90. The van der Waals surface area contributed by atoms with Gasteiger partial charge in [-0.1, -0.05) is 25.7 Å². The molecular formula is C22H29FN4O4. The highest BCUT2D eigenvalue weighted by Crippen LogP contribution is 2.55. The molecule has 9 heteroatoms. The van der Waals surface area contributed by atoms with E-state index in [2.05, 4.69) is 10.3 Å². The van der Waals surface area contributed by atoms with E-state index in [1.54, 1.807) is 4.90 Å². The fourth-order valence-electron chi connectivity index (χ4n) is 5.14. The number of amides is 3. The highest BCUT2D eigenvalue weighted by atomic mass is 19.1. The van der Waals surface area contributed by atoms with Gasteiger partial charge in [0, 0.05) is 12.7 Å². The molecule has 0 radical (unpaired) electrons. The second-order valence-electron chi connectivity index (χ2n) is 9.32. The lowest BCUT2D eigenvalue weighted by Gasteiger charge is -2.30. The van der Waals surface area contributed by atoms with E-state index in [-0.39, 0.29) is 23.7 Å². The van der Waals surface area contributed by atoms with Crippen molar-refractivity contribution in [3.05, 3.63) is 24.1 Å². The van der Waals surface area contributed by atoms with Crippen molar-refractivity contribution in [2.45, 2.75) is 57.4 Å². The largest absolute Gasteiger partial charge is 0.330 e. The molecule has 8 nitrogen and oxygen atoms in total. The van der Waals surface area contributed by atoms with Gasteiger partial charge in [-0.25, -0.2) is 14.4 Å². The van der Waals surface area contributed by atoms with Gasteiger partial charge in [0.1, 0.15) is 6.04 Å². The Morgan fingerprint density at radius 2 is 2.13 bits per heavy atom. The van der Waals surface area contributed by atoms with Gasteiger partial charge in [-0.3, -0.25) is 19.6 Å². The summed E-state index contributed by atoms with van der Waals surface area (Å²) in [6.07, 6.45) is 9.01. The molecule has 2 aliphatic carbocycles. The summed E-state index contributed by atoms with van der Waals surface area (Å²) in [6.45, 7) is 0.383. The predicted octanol–water partition coefficient (Wildman–Crippen LogP) is 2.58. The third-order valence-electron chi connectivity index (χ3n) is 7.02. The van der Waals surface area contributed by atoms with Crippen molar-refractivity contribution >= 4 is 24.0 Å². The number of aromatic nitrogens is 1. The fourth-order valence-corrected chi connectivity index (χ4v) is 5.14. The minimum absolute atomic E-state index is 0.0538. The highest BCUT2D eigenvalue weighted by molar-refractivity contribution is 5.97. The Morgan fingerprint density at radius 1 is 1.39 bits per heavy atom. The average Bonchev–Trinajstić information content (AvgIpc) is 3.13. The number of likely N-dealkylation sites (tertiary alicyclic amines) is 1. The lowest BCUT2D eigenvalue weighted by molar-refractivity contribution is -0.158. The first-order valence-corrected chi connectivity index (χ1v) is 11.0. The van der Waals surface area contributed by atoms with Gasteiger partial charge in [-0.2, -0.15) is 0 Å². The standard InChI is InChI=1S/C22H29FN4O4/c23-17-6-3-9-24-19(17)25-20(29)18-11-22(7-8-22)13-27(18)21(30)16(12-26(31)14-28)10-15-4-1-2-5-15/h3,6,9,14-16,18,31H,1-2,4-5,7-8,10-13H2,(H,24,25,29)/t16-,18?/m1/s1. The molecule has 1 saturated heterocycles. The maximum Gasteiger partial charge on any atom is 0.248 e. The number of carbonyl (C=O) groups excluding carboxylic acids is 3. The van der Waals surface area contributed by atoms with Crippen LogP contribution in [0.15, 0.2) is 18.3 Å². The number of rotatable bonds is 8. The van der Waals surface area contributed by atoms with E-state index in [1.807, 2.05) is 0 Å². The zero-order valence-corrected chi connectivity index (χ0v) is 17.5. The van der Waals surface area contributed by atoms with Gasteiger partial charge in [-0.15, -0.1) is 0 Å². The number of hydrogen-bond acceptors (Lipinski definition) is 5. The quantitative estimate of drug-likeness (QED) is 0.373. The van der Waals surface area contributed by atoms with Gasteiger partial charge < -0.3 is 10.2 Å². The zero-order valence-electron chi connectivity index (χ0n) is 17.5. The first kappa shape index (κ1) is 21.7. The predicted molar refractivity (Wildman–Crippen MR) is 109 cm³/mol. The molecular weight excluding hydrogens is 403 g/mol. The molecule has 3 fully saturated rings. The van der Waals surface area contributed by atoms with Crippen LogP contribution in [0.2, 0.25) is 0 Å². The third-order valence-corrected chi connectivity index (χ3v) is 7.02. The van der Waals surface area contributed by atoms with Crippen LogP contribution in [0.1, 0.15) is 51.4 Å². The summed E-state index contributed by atoms with van der Waals surface area (Å²) >= 11 is 0. The van der Waals surface area contributed by atoms with Crippen molar-refractivity contribution in [1.82, 2.24) is 14.9 Å². The van der Waals surface area contributed by atoms with Gasteiger partial charge in [0.05, 0.1) is 12.5 Å². The van der Waals surface area contributed by atoms with Crippen LogP contribution in [0, 0.1) is 23.1 Å². The number of pyridine rings is 1. The molecule has 1 spiro atoms. The van der Waals surface area contributed by atoms with Crippen molar-refractivity contribution in [2.24, 2.45) is 17.3 Å². The number of anilines is 1. The van der Waals surface area contributed by atoms with Crippen LogP contribution in [0.5, 0.6) is 0 Å². The van der Waals surface area contributed by atoms with Crippen molar-refractivity contribution in [2.75, 3.05) is 18.4 Å². The summed E-state index contributed by atoms with van der Waals surface area (Å²) in [5, 5.41) is 12.8. The lowest BCUT2D eigenvalue weighted by Crippen LogP contribution is -2.48. The van der Waals surface area contributed by atoms with Gasteiger partial charge in [-0.05, 0) is 49.1 Å². The molecule has 1 aromatic heterocycles. The number of hydrogen-bond donors (Lipinski definition) is 2. The van der Waals surface area contributed by atoms with Crippen molar-refractivity contribution in [3.8, 4) is 0 Å². The van der Waals surface area contributed by atoms with Gasteiger partial charge in [0.15, 0.2) is 11.6 Å². The van der Waals surface area contributed by atoms with E-state index in [0.717, 1.165) is 38.5 Å². The minimum Gasteiger partial charge on any atom is -0.330 e. The number of nitrogens with one attached hydrogen (secondary N) is 1. The van der Waals surface area contributed by atoms with E-state index < -0.39 is 23.7 Å². The van der Waals surface area contributed by atoms with E-state index in [4.69, 9.17) is 0 Å². The average molecular weight is 432 g/mol. The van der Waals surface area contributed by atoms with Crippen LogP contribution in [-0.2, 0) is 14.4 Å². The molecule has 1 aliphatic heterocycles. The second-order valence-corrected chi connectivity index (χ2v) is 9.32. The van der Waals surface area contributed by atoms with Crippen LogP contribution in [0.3, 0.4) is 0 Å². The van der Waals surface area contributed by atoms with Gasteiger partial charge in [0.2, 0.25) is 18.2 Å². The highest BCUT2D eigenvalue weighted by Gasteiger charge is 2.56. The number of hydroxylamine groups is 2. The van der Waals surface area contributed by atoms with E-state index in [0.29, 0.717) is 36.8 Å². The summed E-state index contributed by atoms with van der Waals surface area (Å²) < 4.78 is 14.0. The zero-order chi connectivity index (χ0) is 22.0. The Bertz CT molecular complexity index is 841. The van der Waals surface area contributed by atoms with E-state index >= 15 is 0 Å². The maximum atomic E-state index is 14.0. The molecule has 3 aliphatic rings. The van der Waals surface area contributed by atoms with E-state index in [9.17, 15) is 24.0 Å². The van der Waals surface area contributed by atoms with Crippen molar-refractivity contribution < 1.29 is 24.0 Å². The van der Waals surface area contributed by atoms with Crippen molar-refractivity contribution in [3.63, 3.8) is 0 Å². The molecule has 2 saturated carbocycles. The normalized spacial score (nSPS) is 23.0. The summed E-state index contributed by atoms with van der Waals surface area (Å²) in [5.74, 6) is -1.66. The van der Waals surface area contributed by atoms with Crippen LogP contribution in [-0.4, -0.2) is 57.5 Å². The first-order chi connectivity index (χ1) is 14.9. The molecule has 31 heavy (non-hydrogen) atoms. The molecule has 4 rings (SSSR count). The fraction of sp³-hybridized carbons (Fsp3) is 0.636. The smallest absolute Gasteiger partial charge is 0.248 e. The van der Waals surface area contributed by atoms with Gasteiger partial charge in [0.25, 0.3) is 0 Å². The molecule has 1 aromatic rings. The first-order valence-electron chi connectivity index (χ1n) is 11.0. The Hall–Kier alpha value is -2.55. The Morgan fingerprint density at radius 3 is 2.77 bits per heavy atom. The Balaban J connectivity index is 1.51. The molecule has 2 N–H and O–H groups in total. The van der Waals surface area contributed by atoms with Gasteiger partial charge >= 0.3 is 0 Å².